The molecule has 0 saturated heterocycles. The van der Waals surface area contributed by atoms with Crippen LogP contribution in [0.5, 0.6) is 11.5 Å². The number of hydrogen-bond donors (Lipinski definition) is 1. The van der Waals surface area contributed by atoms with Gasteiger partial charge in [-0.3, -0.25) is 9.59 Å². The van der Waals surface area contributed by atoms with Gasteiger partial charge in [0.15, 0.2) is 23.0 Å². The van der Waals surface area contributed by atoms with Gasteiger partial charge in [-0.15, -0.1) is 0 Å². The van der Waals surface area contributed by atoms with Gasteiger partial charge in [0, 0.05) is 24.7 Å². The highest BCUT2D eigenvalue weighted by molar-refractivity contribution is 5.95. The number of ether oxygens (including phenoxy) is 2. The molecule has 2 heterocycles. The second kappa shape index (κ2) is 8.14. The molecular formula is C21H25N3O5. The van der Waals surface area contributed by atoms with Crippen LogP contribution in [0.15, 0.2) is 28.8 Å². The summed E-state index contributed by atoms with van der Waals surface area (Å²) in [4.78, 5) is 27.0. The number of carbonyl (C=O) groups is 2. The molecule has 1 fully saturated rings. The summed E-state index contributed by atoms with van der Waals surface area (Å²) in [6.45, 7) is 5.68. The smallest absolute Gasteiger partial charge is 0.273 e. The minimum Gasteiger partial charge on any atom is -0.454 e. The lowest BCUT2D eigenvalue weighted by molar-refractivity contribution is 0.0705. The van der Waals surface area contributed by atoms with Gasteiger partial charge in [0.2, 0.25) is 6.79 Å². The molecule has 1 saturated carbocycles. The molecule has 0 spiro atoms. The molecule has 1 aliphatic heterocycles. The van der Waals surface area contributed by atoms with Crippen molar-refractivity contribution in [3.05, 3.63) is 41.3 Å². The lowest BCUT2D eigenvalue weighted by Gasteiger charge is -2.23. The van der Waals surface area contributed by atoms with Crippen molar-refractivity contribution in [3.8, 4) is 11.5 Å². The molecule has 1 aliphatic carbocycles. The fraction of sp³-hybridized carbons (Fsp3) is 0.476. The van der Waals surface area contributed by atoms with Crippen LogP contribution >= 0.6 is 0 Å². The molecule has 8 heteroatoms. The van der Waals surface area contributed by atoms with E-state index in [2.05, 4.69) is 10.5 Å². The summed E-state index contributed by atoms with van der Waals surface area (Å²) in [5.74, 6) is 2.13. The van der Waals surface area contributed by atoms with E-state index in [1.165, 1.54) is 0 Å². The van der Waals surface area contributed by atoms with E-state index in [0.29, 0.717) is 41.8 Å². The molecule has 29 heavy (non-hydrogen) atoms. The first kappa shape index (κ1) is 19.3. The molecule has 2 aliphatic rings. The van der Waals surface area contributed by atoms with Gasteiger partial charge in [-0.2, -0.15) is 0 Å². The third-order valence-electron chi connectivity index (χ3n) is 4.88. The zero-order valence-electron chi connectivity index (χ0n) is 16.6. The first-order chi connectivity index (χ1) is 14.0. The van der Waals surface area contributed by atoms with E-state index in [9.17, 15) is 9.59 Å². The first-order valence-electron chi connectivity index (χ1n) is 9.92. The maximum atomic E-state index is 13.1. The van der Waals surface area contributed by atoms with E-state index in [1.807, 2.05) is 13.8 Å². The Balaban J connectivity index is 1.45. The predicted octanol–water partition coefficient (Wildman–Crippen LogP) is 2.84. The molecule has 0 bridgehead atoms. The van der Waals surface area contributed by atoms with Crippen molar-refractivity contribution in [1.29, 1.82) is 0 Å². The molecule has 1 N–H and O–H groups in total. The summed E-state index contributed by atoms with van der Waals surface area (Å²) in [5.41, 5.74) is 0.748. The van der Waals surface area contributed by atoms with Crippen LogP contribution in [0.4, 0.5) is 0 Å². The second-order valence-electron chi connectivity index (χ2n) is 7.98. The van der Waals surface area contributed by atoms with E-state index < -0.39 is 0 Å². The van der Waals surface area contributed by atoms with Gasteiger partial charge in [-0.1, -0.05) is 19.0 Å². The Labute approximate surface area is 169 Å². The van der Waals surface area contributed by atoms with Crippen LogP contribution in [-0.4, -0.2) is 41.8 Å². The first-order valence-corrected chi connectivity index (χ1v) is 9.92. The van der Waals surface area contributed by atoms with Crippen LogP contribution in [-0.2, 0) is 6.54 Å². The van der Waals surface area contributed by atoms with Gasteiger partial charge in [-0.25, -0.2) is 0 Å². The molecule has 0 radical (unpaired) electrons. The van der Waals surface area contributed by atoms with Crippen LogP contribution in [0, 0.1) is 11.8 Å². The standard InChI is InChI=1S/C21H25N3O5/c1-13(2)10-24(21(26)15-5-6-18-19(7-15)28-12-27-18)11-16-8-17(23-29-16)20(25)22-9-14-3-4-14/h5-8,13-14H,3-4,9-12H2,1-2H3,(H,22,25). The van der Waals surface area contributed by atoms with E-state index >= 15 is 0 Å². The SMILES string of the molecule is CC(C)CN(Cc1cc(C(=O)NCC2CC2)no1)C(=O)c1ccc2c(c1)OCO2. The Bertz CT molecular complexity index is 903. The Morgan fingerprint density at radius 1 is 1.21 bits per heavy atom. The molecular weight excluding hydrogens is 374 g/mol. The zero-order chi connectivity index (χ0) is 20.4. The minimum atomic E-state index is -0.246. The number of hydrogen-bond acceptors (Lipinski definition) is 6. The molecule has 2 amide bonds. The van der Waals surface area contributed by atoms with E-state index in [-0.39, 0.29) is 36.8 Å². The lowest BCUT2D eigenvalue weighted by atomic mass is 10.1. The normalized spacial score (nSPS) is 14.9. The van der Waals surface area contributed by atoms with Gasteiger partial charge < -0.3 is 24.2 Å². The van der Waals surface area contributed by atoms with Crippen LogP contribution in [0.25, 0.3) is 0 Å². The topological polar surface area (TPSA) is 93.9 Å². The number of amides is 2. The predicted molar refractivity (Wildman–Crippen MR) is 104 cm³/mol. The summed E-state index contributed by atoms with van der Waals surface area (Å²) >= 11 is 0. The third-order valence-corrected chi connectivity index (χ3v) is 4.88. The van der Waals surface area contributed by atoms with Crippen LogP contribution in [0.2, 0.25) is 0 Å². The lowest BCUT2D eigenvalue weighted by Crippen LogP contribution is -2.33. The fourth-order valence-electron chi connectivity index (χ4n) is 3.20. The summed E-state index contributed by atoms with van der Waals surface area (Å²) in [5, 5.41) is 6.73. The number of fused-ring (bicyclic) bond motifs is 1. The minimum absolute atomic E-state index is 0.145. The average molecular weight is 399 g/mol. The summed E-state index contributed by atoms with van der Waals surface area (Å²) in [6, 6.07) is 6.75. The van der Waals surface area contributed by atoms with Crippen molar-refractivity contribution in [2.75, 3.05) is 19.9 Å². The summed E-state index contributed by atoms with van der Waals surface area (Å²) in [6.07, 6.45) is 2.33. The monoisotopic (exact) mass is 399 g/mol. The van der Waals surface area contributed by atoms with Gasteiger partial charge in [0.05, 0.1) is 6.54 Å². The number of rotatable bonds is 8. The summed E-state index contributed by atoms with van der Waals surface area (Å²) < 4.78 is 16.0. The molecule has 8 nitrogen and oxygen atoms in total. The molecule has 2 aromatic rings. The number of nitrogens with one attached hydrogen (secondary N) is 1. The Morgan fingerprint density at radius 3 is 2.76 bits per heavy atom. The number of carbonyl (C=O) groups excluding carboxylic acids is 2. The highest BCUT2D eigenvalue weighted by Crippen LogP contribution is 2.33. The third kappa shape index (κ3) is 4.70. The highest BCUT2D eigenvalue weighted by Gasteiger charge is 2.25. The molecule has 1 aromatic heterocycles. The molecule has 154 valence electrons. The van der Waals surface area contributed by atoms with E-state index in [4.69, 9.17) is 14.0 Å². The Morgan fingerprint density at radius 2 is 2.00 bits per heavy atom. The van der Waals surface area contributed by atoms with E-state index in [1.54, 1.807) is 29.2 Å². The van der Waals surface area contributed by atoms with Crippen molar-refractivity contribution in [1.82, 2.24) is 15.4 Å². The maximum absolute atomic E-state index is 13.1. The average Bonchev–Trinajstić information content (AvgIpc) is 3.21. The van der Waals surface area contributed by atoms with Crippen LogP contribution in [0.1, 0.15) is 53.3 Å². The molecule has 1 aromatic carbocycles. The van der Waals surface area contributed by atoms with Gasteiger partial charge in [-0.05, 0) is 42.9 Å². The highest BCUT2D eigenvalue weighted by atomic mass is 16.7. The van der Waals surface area contributed by atoms with Gasteiger partial charge >= 0.3 is 0 Å². The van der Waals surface area contributed by atoms with Crippen molar-refractivity contribution < 1.29 is 23.6 Å². The Kier molecular flexibility index (Phi) is 5.42. The van der Waals surface area contributed by atoms with Crippen molar-refractivity contribution in [3.63, 3.8) is 0 Å². The number of nitrogens with zero attached hydrogens (tertiary/aromatic N) is 2. The molecule has 0 unspecified atom stereocenters. The molecule has 4 rings (SSSR count). The zero-order valence-corrected chi connectivity index (χ0v) is 16.6. The largest absolute Gasteiger partial charge is 0.454 e. The number of aromatic nitrogens is 1. The van der Waals surface area contributed by atoms with Crippen LogP contribution < -0.4 is 14.8 Å². The molecule has 0 atom stereocenters. The maximum Gasteiger partial charge on any atom is 0.273 e. The second-order valence-corrected chi connectivity index (χ2v) is 7.98. The number of benzene rings is 1. The Hall–Kier alpha value is -3.03. The quantitative estimate of drug-likeness (QED) is 0.734. The summed E-state index contributed by atoms with van der Waals surface area (Å²) in [7, 11) is 0. The van der Waals surface area contributed by atoms with E-state index in [0.717, 1.165) is 12.8 Å². The van der Waals surface area contributed by atoms with Crippen molar-refractivity contribution in [2.24, 2.45) is 11.8 Å². The van der Waals surface area contributed by atoms with Crippen molar-refractivity contribution >= 4 is 11.8 Å². The fourth-order valence-corrected chi connectivity index (χ4v) is 3.20. The van der Waals surface area contributed by atoms with Gasteiger partial charge in [0.1, 0.15) is 0 Å². The van der Waals surface area contributed by atoms with Crippen molar-refractivity contribution in [2.45, 2.75) is 33.2 Å². The van der Waals surface area contributed by atoms with Gasteiger partial charge in [0.25, 0.3) is 11.8 Å². The van der Waals surface area contributed by atoms with Crippen LogP contribution in [0.3, 0.4) is 0 Å².